The highest BCUT2D eigenvalue weighted by Gasteiger charge is 2.09. The van der Waals surface area contributed by atoms with Gasteiger partial charge in [0.05, 0.1) is 12.6 Å². The fraction of sp³-hybridized carbons (Fsp3) is 0.200. The molecule has 0 radical (unpaired) electrons. The van der Waals surface area contributed by atoms with E-state index in [1.165, 1.54) is 0 Å². The van der Waals surface area contributed by atoms with Gasteiger partial charge in [0.1, 0.15) is 0 Å². The van der Waals surface area contributed by atoms with Crippen molar-refractivity contribution >= 4 is 23.2 Å². The summed E-state index contributed by atoms with van der Waals surface area (Å²) in [6.07, 6.45) is 0. The lowest BCUT2D eigenvalue weighted by Gasteiger charge is -2.17. The van der Waals surface area contributed by atoms with Crippen LogP contribution in [-0.2, 0) is 6.54 Å². The molecule has 1 atom stereocenters. The van der Waals surface area contributed by atoms with Crippen molar-refractivity contribution < 1.29 is 5.11 Å². The molecule has 2 N–H and O–H groups in total. The van der Waals surface area contributed by atoms with Gasteiger partial charge in [-0.1, -0.05) is 47.5 Å². The number of halogens is 2. The van der Waals surface area contributed by atoms with Gasteiger partial charge < -0.3 is 10.4 Å². The number of aliphatic hydroxyl groups is 1. The first-order chi connectivity index (χ1) is 9.19. The molecule has 0 amide bonds. The third kappa shape index (κ3) is 4.22. The van der Waals surface area contributed by atoms with E-state index in [1.54, 1.807) is 0 Å². The average Bonchev–Trinajstić information content (AvgIpc) is 2.43. The largest absolute Gasteiger partial charge is 0.394 e. The minimum absolute atomic E-state index is 0.0369. The van der Waals surface area contributed by atoms with Crippen LogP contribution in [0.3, 0.4) is 0 Å². The Labute approximate surface area is 123 Å². The molecular formula is C15H15Cl2NO. The normalized spacial score (nSPS) is 12.4. The van der Waals surface area contributed by atoms with Crippen LogP contribution < -0.4 is 5.32 Å². The van der Waals surface area contributed by atoms with Crippen LogP contribution in [0.2, 0.25) is 10.0 Å². The predicted octanol–water partition coefficient (Wildman–Crippen LogP) is 3.82. The van der Waals surface area contributed by atoms with Gasteiger partial charge in [0.25, 0.3) is 0 Å². The van der Waals surface area contributed by atoms with Crippen LogP contribution in [-0.4, -0.2) is 11.7 Å². The van der Waals surface area contributed by atoms with Crippen molar-refractivity contribution in [2.75, 3.05) is 6.61 Å². The number of hydrogen-bond acceptors (Lipinski definition) is 2. The molecule has 2 rings (SSSR count). The summed E-state index contributed by atoms with van der Waals surface area (Å²) in [5.74, 6) is 0. The number of benzene rings is 2. The van der Waals surface area contributed by atoms with Gasteiger partial charge in [0.2, 0.25) is 0 Å². The van der Waals surface area contributed by atoms with Crippen LogP contribution in [0.25, 0.3) is 0 Å². The Morgan fingerprint density at radius 2 is 1.42 bits per heavy atom. The van der Waals surface area contributed by atoms with Crippen LogP contribution in [0.15, 0.2) is 48.5 Å². The number of hydrogen-bond donors (Lipinski definition) is 2. The lowest BCUT2D eigenvalue weighted by Crippen LogP contribution is -2.23. The van der Waals surface area contributed by atoms with E-state index in [-0.39, 0.29) is 12.6 Å². The number of rotatable bonds is 5. The molecular weight excluding hydrogens is 281 g/mol. The summed E-state index contributed by atoms with van der Waals surface area (Å²) < 4.78 is 0. The van der Waals surface area contributed by atoms with Crippen molar-refractivity contribution in [2.24, 2.45) is 0 Å². The first-order valence-electron chi connectivity index (χ1n) is 6.03. The minimum atomic E-state index is -0.104. The Morgan fingerprint density at radius 1 is 0.895 bits per heavy atom. The molecule has 0 fully saturated rings. The molecule has 0 heterocycles. The fourth-order valence-electron chi connectivity index (χ4n) is 1.83. The van der Waals surface area contributed by atoms with Gasteiger partial charge in [0.15, 0.2) is 0 Å². The maximum atomic E-state index is 9.45. The first kappa shape index (κ1) is 14.4. The molecule has 0 aliphatic rings. The van der Waals surface area contributed by atoms with Crippen LogP contribution >= 0.6 is 23.2 Å². The zero-order valence-corrected chi connectivity index (χ0v) is 11.8. The quantitative estimate of drug-likeness (QED) is 0.879. The Bertz CT molecular complexity index is 511. The van der Waals surface area contributed by atoms with Crippen LogP contribution in [0.5, 0.6) is 0 Å². The highest BCUT2D eigenvalue weighted by Crippen LogP contribution is 2.17. The van der Waals surface area contributed by atoms with Gasteiger partial charge in [-0.2, -0.15) is 0 Å². The molecule has 100 valence electrons. The topological polar surface area (TPSA) is 32.3 Å². The van der Waals surface area contributed by atoms with Crippen LogP contribution in [0, 0.1) is 0 Å². The molecule has 2 aromatic carbocycles. The Kier molecular flexibility index (Phi) is 5.23. The summed E-state index contributed by atoms with van der Waals surface area (Å²) in [5.41, 5.74) is 2.14. The molecule has 0 aromatic heterocycles. The SMILES string of the molecule is OCC(NCc1ccc(Cl)cc1)c1ccc(Cl)cc1. The van der Waals surface area contributed by atoms with E-state index in [9.17, 15) is 5.11 Å². The van der Waals surface area contributed by atoms with Crippen molar-refractivity contribution in [1.82, 2.24) is 5.32 Å². The molecule has 19 heavy (non-hydrogen) atoms. The Balaban J connectivity index is 1.99. The van der Waals surface area contributed by atoms with Crippen molar-refractivity contribution in [3.05, 3.63) is 69.7 Å². The summed E-state index contributed by atoms with van der Waals surface area (Å²) >= 11 is 11.7. The third-order valence-electron chi connectivity index (χ3n) is 2.92. The molecule has 0 aliphatic carbocycles. The predicted molar refractivity (Wildman–Crippen MR) is 79.6 cm³/mol. The lowest BCUT2D eigenvalue weighted by atomic mass is 10.1. The summed E-state index contributed by atoms with van der Waals surface area (Å²) in [7, 11) is 0. The van der Waals surface area contributed by atoms with Crippen molar-refractivity contribution in [1.29, 1.82) is 0 Å². The fourth-order valence-corrected chi connectivity index (χ4v) is 2.08. The summed E-state index contributed by atoms with van der Waals surface area (Å²) in [4.78, 5) is 0. The average molecular weight is 296 g/mol. The van der Waals surface area contributed by atoms with Crippen LogP contribution in [0.4, 0.5) is 0 Å². The van der Waals surface area contributed by atoms with Crippen molar-refractivity contribution in [3.63, 3.8) is 0 Å². The van der Waals surface area contributed by atoms with Gasteiger partial charge in [-0.05, 0) is 35.4 Å². The van der Waals surface area contributed by atoms with Gasteiger partial charge in [-0.3, -0.25) is 0 Å². The monoisotopic (exact) mass is 295 g/mol. The smallest absolute Gasteiger partial charge is 0.0626 e. The molecule has 0 bridgehead atoms. The second kappa shape index (κ2) is 6.92. The van der Waals surface area contributed by atoms with E-state index in [4.69, 9.17) is 23.2 Å². The maximum Gasteiger partial charge on any atom is 0.0626 e. The van der Waals surface area contributed by atoms with Gasteiger partial charge in [-0.25, -0.2) is 0 Å². The minimum Gasteiger partial charge on any atom is -0.394 e. The Hall–Kier alpha value is -1.06. The van der Waals surface area contributed by atoms with E-state index in [0.717, 1.165) is 16.1 Å². The zero-order valence-electron chi connectivity index (χ0n) is 10.3. The van der Waals surface area contributed by atoms with Gasteiger partial charge in [-0.15, -0.1) is 0 Å². The van der Waals surface area contributed by atoms with Crippen LogP contribution in [0.1, 0.15) is 17.2 Å². The summed E-state index contributed by atoms with van der Waals surface area (Å²) in [6, 6.07) is 15.0. The number of nitrogens with one attached hydrogen (secondary N) is 1. The highest BCUT2D eigenvalue weighted by atomic mass is 35.5. The summed E-state index contributed by atoms with van der Waals surface area (Å²) in [6.45, 7) is 0.709. The van der Waals surface area contributed by atoms with Gasteiger partial charge in [0, 0.05) is 16.6 Å². The van der Waals surface area contributed by atoms with E-state index < -0.39 is 0 Å². The first-order valence-corrected chi connectivity index (χ1v) is 6.79. The van der Waals surface area contributed by atoms with Gasteiger partial charge >= 0.3 is 0 Å². The second-order valence-corrected chi connectivity index (χ2v) is 5.17. The molecule has 2 aromatic rings. The molecule has 0 saturated heterocycles. The third-order valence-corrected chi connectivity index (χ3v) is 3.42. The molecule has 0 aliphatic heterocycles. The highest BCUT2D eigenvalue weighted by molar-refractivity contribution is 6.30. The van der Waals surface area contributed by atoms with Crippen molar-refractivity contribution in [2.45, 2.75) is 12.6 Å². The molecule has 0 saturated carbocycles. The lowest BCUT2D eigenvalue weighted by molar-refractivity contribution is 0.243. The number of aliphatic hydroxyl groups excluding tert-OH is 1. The van der Waals surface area contributed by atoms with E-state index >= 15 is 0 Å². The standard InChI is InChI=1S/C15H15Cl2NO/c16-13-5-1-11(2-6-13)9-18-15(10-19)12-3-7-14(17)8-4-12/h1-8,15,18-19H,9-10H2. The van der Waals surface area contributed by atoms with E-state index in [1.807, 2.05) is 48.5 Å². The van der Waals surface area contributed by atoms with Crippen molar-refractivity contribution in [3.8, 4) is 0 Å². The second-order valence-electron chi connectivity index (χ2n) is 4.29. The maximum absolute atomic E-state index is 9.45. The van der Waals surface area contributed by atoms with E-state index in [2.05, 4.69) is 5.32 Å². The molecule has 1 unspecified atom stereocenters. The van der Waals surface area contributed by atoms with E-state index in [0.29, 0.717) is 11.6 Å². The molecule has 0 spiro atoms. The molecule has 4 heteroatoms. The Morgan fingerprint density at radius 3 is 1.95 bits per heavy atom. The summed E-state index contributed by atoms with van der Waals surface area (Å²) in [5, 5.41) is 14.2. The molecule has 2 nitrogen and oxygen atoms in total. The zero-order chi connectivity index (χ0) is 13.7.